The van der Waals surface area contributed by atoms with Crippen LogP contribution in [0.4, 0.5) is 5.69 Å². The summed E-state index contributed by atoms with van der Waals surface area (Å²) in [4.78, 5) is 29.5. The molecule has 2 aromatic carbocycles. The van der Waals surface area contributed by atoms with Gasteiger partial charge in [0.2, 0.25) is 5.78 Å². The van der Waals surface area contributed by atoms with Crippen LogP contribution in [-0.4, -0.2) is 49.8 Å². The number of piperazine rings is 1. The predicted molar refractivity (Wildman–Crippen MR) is 100.0 cm³/mol. The molecule has 0 saturated carbocycles. The van der Waals surface area contributed by atoms with Gasteiger partial charge in [0.15, 0.2) is 5.78 Å². The molecule has 0 aromatic heterocycles. The highest BCUT2D eigenvalue weighted by Gasteiger charge is 2.30. The first-order valence-corrected chi connectivity index (χ1v) is 8.71. The van der Waals surface area contributed by atoms with Crippen molar-refractivity contribution in [1.29, 1.82) is 0 Å². The number of hydrogen-bond donors (Lipinski definition) is 0. The van der Waals surface area contributed by atoms with Crippen LogP contribution in [-0.2, 0) is 0 Å². The second kappa shape index (κ2) is 6.67. The maximum atomic E-state index is 12.8. The molecule has 132 valence electrons. The Hall–Kier alpha value is -3.08. The van der Waals surface area contributed by atoms with E-state index in [-0.39, 0.29) is 11.6 Å². The number of carbonyl (C=O) groups is 2. The maximum absolute atomic E-state index is 12.8. The zero-order valence-corrected chi connectivity index (χ0v) is 14.6. The molecule has 0 atom stereocenters. The average molecular weight is 348 g/mol. The lowest BCUT2D eigenvalue weighted by Gasteiger charge is -2.39. The molecule has 1 heterocycles. The highest BCUT2D eigenvalue weighted by molar-refractivity contribution is 6.24. The molecule has 0 N–H and O–H groups in total. The third-order valence-electron chi connectivity index (χ3n) is 4.98. The van der Waals surface area contributed by atoms with E-state index in [9.17, 15) is 9.59 Å². The fourth-order valence-corrected chi connectivity index (χ4v) is 3.62. The van der Waals surface area contributed by atoms with Crippen molar-refractivity contribution in [1.82, 2.24) is 4.90 Å². The topological polar surface area (TPSA) is 49.9 Å². The summed E-state index contributed by atoms with van der Waals surface area (Å²) < 4.78 is 5.45. The molecule has 4 rings (SSSR count). The van der Waals surface area contributed by atoms with E-state index in [0.717, 1.165) is 24.5 Å². The summed E-state index contributed by atoms with van der Waals surface area (Å²) in [5, 5.41) is 0. The summed E-state index contributed by atoms with van der Waals surface area (Å²) >= 11 is 0. The summed E-state index contributed by atoms with van der Waals surface area (Å²) in [5.41, 5.74) is 2.56. The van der Waals surface area contributed by atoms with Crippen molar-refractivity contribution in [2.75, 3.05) is 38.2 Å². The van der Waals surface area contributed by atoms with Gasteiger partial charge in [0.1, 0.15) is 5.75 Å². The normalized spacial score (nSPS) is 17.0. The average Bonchev–Trinajstić information content (AvgIpc) is 2.71. The molecule has 26 heavy (non-hydrogen) atoms. The smallest absolute Gasteiger partial charge is 0.209 e. The molecule has 2 aromatic rings. The number of hydrogen-bond acceptors (Lipinski definition) is 5. The molecule has 1 aliphatic heterocycles. The largest absolute Gasteiger partial charge is 0.495 e. The van der Waals surface area contributed by atoms with E-state index >= 15 is 0 Å². The first kappa shape index (κ1) is 16.4. The SMILES string of the molecule is COc1ccccc1N1CCN(C2=CC(=O)c3ccccc3C2=O)CC1. The lowest BCUT2D eigenvalue weighted by atomic mass is 9.92. The monoisotopic (exact) mass is 348 g/mol. The Kier molecular flexibility index (Phi) is 4.21. The van der Waals surface area contributed by atoms with Crippen LogP contribution in [0.1, 0.15) is 20.7 Å². The minimum absolute atomic E-state index is 0.0639. The van der Waals surface area contributed by atoms with Crippen LogP contribution in [0, 0.1) is 0 Å². The number of fused-ring (bicyclic) bond motifs is 1. The number of para-hydroxylation sites is 2. The van der Waals surface area contributed by atoms with Gasteiger partial charge < -0.3 is 14.5 Å². The number of methoxy groups -OCH3 is 1. The van der Waals surface area contributed by atoms with Crippen molar-refractivity contribution in [3.8, 4) is 5.75 Å². The van der Waals surface area contributed by atoms with E-state index in [1.807, 2.05) is 29.2 Å². The van der Waals surface area contributed by atoms with Gasteiger partial charge in [0, 0.05) is 43.4 Å². The van der Waals surface area contributed by atoms with Gasteiger partial charge in [-0.15, -0.1) is 0 Å². The Bertz CT molecular complexity index is 896. The number of carbonyl (C=O) groups excluding carboxylic acids is 2. The van der Waals surface area contributed by atoms with Crippen molar-refractivity contribution in [3.05, 3.63) is 71.4 Å². The molecular weight excluding hydrogens is 328 g/mol. The van der Waals surface area contributed by atoms with Gasteiger partial charge in [0.25, 0.3) is 0 Å². The lowest BCUT2D eigenvalue weighted by molar-refractivity contribution is 0.0948. The standard InChI is InChI=1S/C21H20N2O3/c1-26-20-9-5-4-8-17(20)22-10-12-23(13-11-22)18-14-19(24)15-6-2-3-7-16(15)21(18)25/h2-9,14H,10-13H2,1H3. The minimum atomic E-state index is -0.0950. The summed E-state index contributed by atoms with van der Waals surface area (Å²) in [6.07, 6.45) is 1.49. The molecule has 5 nitrogen and oxygen atoms in total. The Labute approximate surface area is 152 Å². The Morgan fingerprint density at radius 3 is 2.15 bits per heavy atom. The van der Waals surface area contributed by atoms with Gasteiger partial charge in [-0.25, -0.2) is 0 Å². The third kappa shape index (κ3) is 2.75. The van der Waals surface area contributed by atoms with E-state index < -0.39 is 0 Å². The Balaban J connectivity index is 1.52. The number of benzene rings is 2. The van der Waals surface area contributed by atoms with E-state index in [4.69, 9.17) is 4.74 Å². The Morgan fingerprint density at radius 2 is 1.42 bits per heavy atom. The molecule has 2 aliphatic rings. The summed E-state index contributed by atoms with van der Waals surface area (Å²) in [6, 6.07) is 15.0. The second-order valence-corrected chi connectivity index (χ2v) is 6.41. The predicted octanol–water partition coefficient (Wildman–Crippen LogP) is 2.78. The van der Waals surface area contributed by atoms with Gasteiger partial charge in [-0.05, 0) is 12.1 Å². The third-order valence-corrected chi connectivity index (χ3v) is 4.98. The highest BCUT2D eigenvalue weighted by Crippen LogP contribution is 2.30. The van der Waals surface area contributed by atoms with E-state index in [1.54, 1.807) is 31.4 Å². The highest BCUT2D eigenvalue weighted by atomic mass is 16.5. The fraction of sp³-hybridized carbons (Fsp3) is 0.238. The van der Waals surface area contributed by atoms with Crippen molar-refractivity contribution in [2.45, 2.75) is 0 Å². The van der Waals surface area contributed by atoms with Crippen molar-refractivity contribution in [3.63, 3.8) is 0 Å². The molecule has 0 radical (unpaired) electrons. The number of nitrogens with zero attached hydrogens (tertiary/aromatic N) is 2. The van der Waals surface area contributed by atoms with Gasteiger partial charge >= 0.3 is 0 Å². The number of Topliss-reactive ketones (excluding diaryl/α,β-unsaturated/α-hetero) is 1. The molecule has 1 aliphatic carbocycles. The summed E-state index contributed by atoms with van der Waals surface area (Å²) in [5.74, 6) is 0.686. The Morgan fingerprint density at radius 1 is 0.808 bits per heavy atom. The minimum Gasteiger partial charge on any atom is -0.495 e. The molecule has 0 amide bonds. The molecule has 0 spiro atoms. The molecule has 0 bridgehead atoms. The zero-order valence-electron chi connectivity index (χ0n) is 14.6. The fourth-order valence-electron chi connectivity index (χ4n) is 3.62. The van der Waals surface area contributed by atoms with Gasteiger partial charge in [-0.1, -0.05) is 36.4 Å². The van der Waals surface area contributed by atoms with E-state index in [2.05, 4.69) is 4.90 Å². The van der Waals surface area contributed by atoms with Crippen LogP contribution in [0.2, 0.25) is 0 Å². The first-order valence-electron chi connectivity index (χ1n) is 8.71. The van der Waals surface area contributed by atoms with Crippen molar-refractivity contribution in [2.24, 2.45) is 0 Å². The van der Waals surface area contributed by atoms with Gasteiger partial charge in [0.05, 0.1) is 18.5 Å². The van der Waals surface area contributed by atoms with Crippen LogP contribution in [0.25, 0.3) is 0 Å². The van der Waals surface area contributed by atoms with Crippen LogP contribution < -0.4 is 9.64 Å². The molecule has 1 fully saturated rings. The van der Waals surface area contributed by atoms with Crippen LogP contribution in [0.5, 0.6) is 5.75 Å². The summed E-state index contributed by atoms with van der Waals surface area (Å²) in [7, 11) is 1.67. The molecule has 1 saturated heterocycles. The zero-order chi connectivity index (χ0) is 18.1. The number of allylic oxidation sites excluding steroid dienone is 2. The van der Waals surface area contributed by atoms with Crippen LogP contribution in [0.3, 0.4) is 0 Å². The van der Waals surface area contributed by atoms with Crippen LogP contribution >= 0.6 is 0 Å². The number of ether oxygens (including phenoxy) is 1. The van der Waals surface area contributed by atoms with Gasteiger partial charge in [-0.2, -0.15) is 0 Å². The number of ketones is 2. The van der Waals surface area contributed by atoms with Crippen molar-refractivity contribution >= 4 is 17.3 Å². The quantitative estimate of drug-likeness (QED) is 0.854. The number of anilines is 1. The van der Waals surface area contributed by atoms with Crippen LogP contribution in [0.15, 0.2) is 60.3 Å². The molecular formula is C21H20N2O3. The van der Waals surface area contributed by atoms with E-state index in [0.29, 0.717) is 29.9 Å². The van der Waals surface area contributed by atoms with Crippen molar-refractivity contribution < 1.29 is 14.3 Å². The van der Waals surface area contributed by atoms with Gasteiger partial charge in [-0.3, -0.25) is 9.59 Å². The van der Waals surface area contributed by atoms with E-state index in [1.165, 1.54) is 6.08 Å². The summed E-state index contributed by atoms with van der Waals surface area (Å²) in [6.45, 7) is 2.90. The molecule has 0 unspecified atom stereocenters. The maximum Gasteiger partial charge on any atom is 0.209 e. The first-order chi connectivity index (χ1) is 12.7. The second-order valence-electron chi connectivity index (χ2n) is 6.41. The molecule has 5 heteroatoms. The lowest BCUT2D eigenvalue weighted by Crippen LogP contribution is -2.47. The number of rotatable bonds is 3.